The Morgan fingerprint density at radius 2 is 1.33 bits per heavy atom. The summed E-state index contributed by atoms with van der Waals surface area (Å²) in [6.45, 7) is 7.86. The van der Waals surface area contributed by atoms with Crippen molar-refractivity contribution >= 4 is 34.5 Å². The average Bonchev–Trinajstić information content (AvgIpc) is 2.78. The zero-order valence-corrected chi connectivity index (χ0v) is 20.5. The van der Waals surface area contributed by atoms with Crippen LogP contribution in [0.1, 0.15) is 59.0 Å². The SMILES string of the molecule is CC(=O)CC(=O)c1ccc(C)cc1[N+](=O)[O-].CCOC=C(C(C)=O)C(=O)c1ccc(C)cc1[N+](=O)[O-]. The van der Waals surface area contributed by atoms with E-state index in [1.165, 1.54) is 38.1 Å². The van der Waals surface area contributed by atoms with Crippen LogP contribution in [0.4, 0.5) is 11.4 Å². The van der Waals surface area contributed by atoms with Gasteiger partial charge in [-0.15, -0.1) is 0 Å². The third kappa shape index (κ3) is 8.35. The summed E-state index contributed by atoms with van der Waals surface area (Å²) in [6, 6.07) is 8.55. The van der Waals surface area contributed by atoms with Crippen LogP contribution in [0.25, 0.3) is 0 Å². The van der Waals surface area contributed by atoms with Gasteiger partial charge in [-0.1, -0.05) is 12.1 Å². The van der Waals surface area contributed by atoms with Gasteiger partial charge in [0.15, 0.2) is 11.6 Å². The highest BCUT2D eigenvalue weighted by atomic mass is 16.6. The van der Waals surface area contributed by atoms with E-state index in [-0.39, 0.29) is 40.3 Å². The van der Waals surface area contributed by atoms with Gasteiger partial charge < -0.3 is 4.74 Å². The van der Waals surface area contributed by atoms with E-state index in [0.717, 1.165) is 6.26 Å². The normalized spacial score (nSPS) is 10.5. The quantitative estimate of drug-likeness (QED) is 0.0861. The van der Waals surface area contributed by atoms with Crippen LogP contribution in [-0.4, -0.2) is 39.6 Å². The van der Waals surface area contributed by atoms with Crippen LogP contribution in [0.5, 0.6) is 0 Å². The number of carbonyl (C=O) groups excluding carboxylic acids is 4. The monoisotopic (exact) mass is 498 g/mol. The number of ketones is 4. The van der Waals surface area contributed by atoms with Gasteiger partial charge >= 0.3 is 0 Å². The zero-order valence-electron chi connectivity index (χ0n) is 20.5. The lowest BCUT2D eigenvalue weighted by Gasteiger charge is -2.05. The summed E-state index contributed by atoms with van der Waals surface area (Å²) in [7, 11) is 0. The number of hydrogen-bond acceptors (Lipinski definition) is 9. The number of allylic oxidation sites excluding steroid dienone is 1. The van der Waals surface area contributed by atoms with Crippen LogP contribution in [0.2, 0.25) is 0 Å². The van der Waals surface area contributed by atoms with Crippen LogP contribution < -0.4 is 0 Å². The van der Waals surface area contributed by atoms with E-state index in [9.17, 15) is 39.4 Å². The van der Waals surface area contributed by atoms with E-state index in [1.54, 1.807) is 32.9 Å². The van der Waals surface area contributed by atoms with Crippen LogP contribution >= 0.6 is 0 Å². The number of benzene rings is 2. The second-order valence-electron chi connectivity index (χ2n) is 7.73. The highest BCUT2D eigenvalue weighted by Gasteiger charge is 2.25. The van der Waals surface area contributed by atoms with E-state index in [0.29, 0.717) is 17.7 Å². The fourth-order valence-corrected chi connectivity index (χ4v) is 2.94. The minimum absolute atomic E-state index is 0.00852. The Bertz CT molecular complexity index is 1250. The molecule has 36 heavy (non-hydrogen) atoms. The van der Waals surface area contributed by atoms with Crippen molar-refractivity contribution in [3.63, 3.8) is 0 Å². The Balaban J connectivity index is 0.000000369. The number of Topliss-reactive ketones (excluding diaryl/α,β-unsaturated/α-hetero) is 4. The Hall–Kier alpha value is -4.54. The number of carbonyl (C=O) groups is 4. The topological polar surface area (TPSA) is 164 Å². The lowest BCUT2D eigenvalue weighted by molar-refractivity contribution is -0.385. The van der Waals surface area contributed by atoms with Gasteiger partial charge in [-0.3, -0.25) is 39.4 Å². The molecule has 11 nitrogen and oxygen atoms in total. The highest BCUT2D eigenvalue weighted by Crippen LogP contribution is 2.24. The average molecular weight is 498 g/mol. The molecule has 0 bridgehead atoms. The fourth-order valence-electron chi connectivity index (χ4n) is 2.94. The van der Waals surface area contributed by atoms with Crippen molar-refractivity contribution in [1.29, 1.82) is 0 Å². The van der Waals surface area contributed by atoms with Crippen molar-refractivity contribution in [3.8, 4) is 0 Å². The molecule has 0 saturated heterocycles. The van der Waals surface area contributed by atoms with E-state index in [2.05, 4.69) is 0 Å². The molecule has 0 atom stereocenters. The number of aryl methyl sites for hydroxylation is 2. The lowest BCUT2D eigenvalue weighted by atomic mass is 9.99. The molecule has 0 N–H and O–H groups in total. The van der Waals surface area contributed by atoms with E-state index in [4.69, 9.17) is 4.74 Å². The summed E-state index contributed by atoms with van der Waals surface area (Å²) >= 11 is 0. The number of rotatable bonds is 10. The number of hydrogen-bond donors (Lipinski definition) is 0. The molecular formula is C25H26N2O9. The molecule has 0 saturated carbocycles. The number of nitrogens with zero attached hydrogens (tertiary/aromatic N) is 2. The molecule has 0 amide bonds. The first-order chi connectivity index (χ1) is 16.8. The van der Waals surface area contributed by atoms with Gasteiger partial charge in [0, 0.05) is 12.1 Å². The van der Waals surface area contributed by atoms with Crippen molar-refractivity contribution in [2.45, 2.75) is 41.0 Å². The van der Waals surface area contributed by atoms with Gasteiger partial charge in [-0.2, -0.15) is 0 Å². The molecule has 190 valence electrons. The van der Waals surface area contributed by atoms with Crippen molar-refractivity contribution < 1.29 is 33.8 Å². The molecule has 2 aromatic rings. The van der Waals surface area contributed by atoms with E-state index < -0.39 is 27.2 Å². The molecule has 0 aliphatic rings. The molecule has 0 spiro atoms. The van der Waals surface area contributed by atoms with Gasteiger partial charge in [0.25, 0.3) is 11.4 Å². The largest absolute Gasteiger partial charge is 0.501 e. The maximum absolute atomic E-state index is 12.3. The van der Waals surface area contributed by atoms with Crippen molar-refractivity contribution in [1.82, 2.24) is 0 Å². The Morgan fingerprint density at radius 1 is 0.861 bits per heavy atom. The molecule has 2 aromatic carbocycles. The summed E-state index contributed by atoms with van der Waals surface area (Å²) in [6.07, 6.45) is 0.748. The van der Waals surface area contributed by atoms with Crippen LogP contribution in [-0.2, 0) is 14.3 Å². The maximum Gasteiger partial charge on any atom is 0.280 e. The molecule has 0 fully saturated rings. The van der Waals surface area contributed by atoms with E-state index >= 15 is 0 Å². The van der Waals surface area contributed by atoms with Crippen LogP contribution in [0.3, 0.4) is 0 Å². The summed E-state index contributed by atoms with van der Waals surface area (Å²) in [5, 5.41) is 21.7. The maximum atomic E-state index is 12.3. The second-order valence-corrected chi connectivity index (χ2v) is 7.73. The molecule has 0 aromatic heterocycles. The van der Waals surface area contributed by atoms with Gasteiger partial charge in [0.2, 0.25) is 5.78 Å². The Kier molecular flexibility index (Phi) is 11.0. The van der Waals surface area contributed by atoms with E-state index in [1.807, 2.05) is 0 Å². The number of nitro benzene ring substituents is 2. The minimum atomic E-state index is -0.711. The molecular weight excluding hydrogens is 472 g/mol. The van der Waals surface area contributed by atoms with Crippen LogP contribution in [0.15, 0.2) is 48.2 Å². The first kappa shape index (κ1) is 29.5. The molecule has 0 aliphatic carbocycles. The molecule has 0 unspecified atom stereocenters. The molecule has 0 heterocycles. The zero-order chi connectivity index (χ0) is 27.6. The highest BCUT2D eigenvalue weighted by molar-refractivity contribution is 6.26. The van der Waals surface area contributed by atoms with Gasteiger partial charge in [0.05, 0.1) is 40.3 Å². The predicted octanol–water partition coefficient (Wildman–Crippen LogP) is 4.66. The second kappa shape index (κ2) is 13.4. The summed E-state index contributed by atoms with van der Waals surface area (Å²) in [5.74, 6) is -2.03. The standard InChI is InChI=1S/C14H15NO5.C11H11NO4/c1-4-20-8-12(10(3)16)14(17)11-6-5-9(2)7-13(11)15(18)19;1-7-3-4-9(10(5-7)12(15)16)11(14)6-8(2)13/h5-8H,4H2,1-3H3;3-5H,6H2,1-2H3. The molecule has 0 radical (unpaired) electrons. The minimum Gasteiger partial charge on any atom is -0.501 e. The molecule has 11 heteroatoms. The lowest BCUT2D eigenvalue weighted by Crippen LogP contribution is -2.13. The Labute approximate surface area is 207 Å². The van der Waals surface area contributed by atoms with Gasteiger partial charge in [-0.05, 0) is 57.9 Å². The number of nitro groups is 2. The first-order valence-electron chi connectivity index (χ1n) is 10.7. The summed E-state index contributed by atoms with van der Waals surface area (Å²) < 4.78 is 4.95. The summed E-state index contributed by atoms with van der Waals surface area (Å²) in [4.78, 5) is 66.6. The number of ether oxygens (including phenoxy) is 1. The van der Waals surface area contributed by atoms with Crippen molar-refractivity contribution in [3.05, 3.63) is 90.7 Å². The first-order valence-corrected chi connectivity index (χ1v) is 10.7. The molecule has 0 aliphatic heterocycles. The third-order valence-electron chi connectivity index (χ3n) is 4.65. The molecule has 2 rings (SSSR count). The Morgan fingerprint density at radius 3 is 1.75 bits per heavy atom. The van der Waals surface area contributed by atoms with Crippen molar-refractivity contribution in [2.75, 3.05) is 6.61 Å². The smallest absolute Gasteiger partial charge is 0.280 e. The fraction of sp³-hybridized carbons (Fsp3) is 0.280. The third-order valence-corrected chi connectivity index (χ3v) is 4.65. The summed E-state index contributed by atoms with van der Waals surface area (Å²) in [5.41, 5.74) is 0.453. The van der Waals surface area contributed by atoms with Gasteiger partial charge in [0.1, 0.15) is 11.3 Å². The van der Waals surface area contributed by atoms with Gasteiger partial charge in [-0.25, -0.2) is 0 Å². The predicted molar refractivity (Wildman–Crippen MR) is 130 cm³/mol. The van der Waals surface area contributed by atoms with Crippen LogP contribution in [0, 0.1) is 34.1 Å². The van der Waals surface area contributed by atoms with Crippen molar-refractivity contribution in [2.24, 2.45) is 0 Å².